The lowest BCUT2D eigenvalue weighted by Crippen LogP contribution is -2.19. The van der Waals surface area contributed by atoms with Crippen LogP contribution in [-0.2, 0) is 13.2 Å². The second-order valence-electron chi connectivity index (χ2n) is 7.63. The summed E-state index contributed by atoms with van der Waals surface area (Å²) >= 11 is 1.49. The Morgan fingerprint density at radius 2 is 1.80 bits per heavy atom. The van der Waals surface area contributed by atoms with E-state index in [1.807, 2.05) is 30.6 Å². The molecule has 0 bridgehead atoms. The van der Waals surface area contributed by atoms with Crippen molar-refractivity contribution in [1.29, 1.82) is 0 Å². The van der Waals surface area contributed by atoms with Gasteiger partial charge in [-0.25, -0.2) is 14.8 Å². The Balaban J connectivity index is 1.37. The number of nitrogens with zero attached hydrogens (tertiary/aromatic N) is 4. The fraction of sp³-hybridized carbons (Fsp3) is 0.0833. The number of amides is 2. The molecule has 3 aromatic heterocycles. The van der Waals surface area contributed by atoms with Crippen molar-refractivity contribution in [2.24, 2.45) is 7.05 Å². The number of fused-ring (bicyclic) bond motifs is 1. The van der Waals surface area contributed by atoms with Crippen molar-refractivity contribution in [3.8, 4) is 21.8 Å². The third-order valence-electron chi connectivity index (χ3n) is 5.26. The van der Waals surface area contributed by atoms with Crippen molar-refractivity contribution in [2.75, 3.05) is 10.6 Å². The summed E-state index contributed by atoms with van der Waals surface area (Å²) in [7, 11) is 1.82. The molecule has 5 aromatic rings. The number of halogens is 3. The molecule has 0 aliphatic rings. The van der Waals surface area contributed by atoms with E-state index in [-0.39, 0.29) is 5.69 Å². The zero-order chi connectivity index (χ0) is 24.6. The van der Waals surface area contributed by atoms with Crippen molar-refractivity contribution in [3.63, 3.8) is 0 Å². The Morgan fingerprint density at radius 3 is 2.51 bits per heavy atom. The van der Waals surface area contributed by atoms with E-state index in [1.54, 1.807) is 29.2 Å². The monoisotopic (exact) mass is 494 g/mol. The van der Waals surface area contributed by atoms with Gasteiger partial charge in [-0.3, -0.25) is 4.68 Å². The van der Waals surface area contributed by atoms with Crippen LogP contribution in [0.3, 0.4) is 0 Å². The minimum Gasteiger partial charge on any atom is -0.308 e. The highest BCUT2D eigenvalue weighted by molar-refractivity contribution is 7.13. The summed E-state index contributed by atoms with van der Waals surface area (Å²) < 4.78 is 40.4. The minimum atomic E-state index is -4.49. The van der Waals surface area contributed by atoms with Crippen molar-refractivity contribution in [2.45, 2.75) is 6.18 Å². The molecule has 0 saturated carbocycles. The minimum absolute atomic E-state index is 0.0411. The molecule has 0 aliphatic carbocycles. The quantitative estimate of drug-likeness (QED) is 0.302. The molecular weight excluding hydrogens is 477 g/mol. The number of aryl methyl sites for hydroxylation is 1. The van der Waals surface area contributed by atoms with Gasteiger partial charge in [-0.15, -0.1) is 11.3 Å². The Bertz CT molecular complexity index is 1510. The molecular formula is C24H17F3N6OS. The molecule has 35 heavy (non-hydrogen) atoms. The zero-order valence-corrected chi connectivity index (χ0v) is 19.0. The molecule has 7 nitrogen and oxygen atoms in total. The molecule has 2 amide bonds. The highest BCUT2D eigenvalue weighted by atomic mass is 32.1. The SMILES string of the molecule is Cn1ncc2c(-c3ccc(NC(=O)Nc4cccc(C(F)(F)F)c4)cc3)cc(-c3nccs3)nc21. The lowest BCUT2D eigenvalue weighted by Gasteiger charge is -2.11. The summed E-state index contributed by atoms with van der Waals surface area (Å²) in [6.07, 6.45) is -1.02. The van der Waals surface area contributed by atoms with Gasteiger partial charge in [-0.05, 0) is 47.5 Å². The van der Waals surface area contributed by atoms with Crippen molar-refractivity contribution in [3.05, 3.63) is 77.9 Å². The largest absolute Gasteiger partial charge is 0.416 e. The second kappa shape index (κ2) is 8.84. The number of carbonyl (C=O) groups excluding carboxylic acids is 1. The summed E-state index contributed by atoms with van der Waals surface area (Å²) in [5.74, 6) is 0. The molecule has 11 heteroatoms. The average molecular weight is 495 g/mol. The lowest BCUT2D eigenvalue weighted by molar-refractivity contribution is -0.137. The molecule has 5 rings (SSSR count). The van der Waals surface area contributed by atoms with Crippen LogP contribution in [0.4, 0.5) is 29.3 Å². The first-order valence-corrected chi connectivity index (χ1v) is 11.2. The summed E-state index contributed by atoms with van der Waals surface area (Å²) in [4.78, 5) is 21.4. The maximum atomic E-state index is 12.9. The van der Waals surface area contributed by atoms with Gasteiger partial charge in [0.05, 0.1) is 11.8 Å². The summed E-state index contributed by atoms with van der Waals surface area (Å²) in [5, 5.41) is 12.9. The maximum absolute atomic E-state index is 12.9. The molecule has 2 N–H and O–H groups in total. The molecule has 176 valence electrons. The highest BCUT2D eigenvalue weighted by Crippen LogP contribution is 2.33. The summed E-state index contributed by atoms with van der Waals surface area (Å²) in [6, 6.07) is 12.9. The first kappa shape index (κ1) is 22.5. The number of alkyl halides is 3. The van der Waals surface area contributed by atoms with Crippen LogP contribution in [0.15, 0.2) is 72.4 Å². The van der Waals surface area contributed by atoms with Gasteiger partial charge in [0.25, 0.3) is 0 Å². The van der Waals surface area contributed by atoms with Crippen molar-refractivity contribution in [1.82, 2.24) is 19.7 Å². The molecule has 3 heterocycles. The van der Waals surface area contributed by atoms with Gasteiger partial charge in [-0.2, -0.15) is 18.3 Å². The van der Waals surface area contributed by atoms with Gasteiger partial charge in [0, 0.05) is 35.4 Å². The zero-order valence-electron chi connectivity index (χ0n) is 18.2. The first-order chi connectivity index (χ1) is 16.8. The van der Waals surface area contributed by atoms with Gasteiger partial charge in [0.15, 0.2) is 5.65 Å². The van der Waals surface area contributed by atoms with E-state index < -0.39 is 17.8 Å². The standard InChI is InChI=1S/C24H17F3N6OS/c1-33-21-19(13-29-33)18(12-20(32-21)22-28-9-10-35-22)14-5-7-16(8-6-14)30-23(34)31-17-4-2-3-15(11-17)24(25,26)27/h2-13H,1H3,(H2,30,31,34). The Hall–Kier alpha value is -4.25. The van der Waals surface area contributed by atoms with E-state index in [1.165, 1.54) is 23.5 Å². The number of thiazole rings is 1. The van der Waals surface area contributed by atoms with Crippen molar-refractivity contribution >= 4 is 39.8 Å². The first-order valence-electron chi connectivity index (χ1n) is 10.4. The average Bonchev–Trinajstić information content (AvgIpc) is 3.49. The molecule has 0 unspecified atom stereocenters. The number of hydrogen-bond donors (Lipinski definition) is 2. The molecule has 2 aromatic carbocycles. The molecule has 0 aliphatic heterocycles. The van der Waals surface area contributed by atoms with Gasteiger partial charge >= 0.3 is 12.2 Å². The Labute approximate surface area is 201 Å². The van der Waals surface area contributed by atoms with Crippen LogP contribution in [0.5, 0.6) is 0 Å². The van der Waals surface area contributed by atoms with E-state index in [4.69, 9.17) is 4.98 Å². The molecule has 0 saturated heterocycles. The Kier molecular flexibility index (Phi) is 5.69. The van der Waals surface area contributed by atoms with E-state index >= 15 is 0 Å². The number of pyridine rings is 1. The van der Waals surface area contributed by atoms with Crippen molar-refractivity contribution < 1.29 is 18.0 Å². The molecule has 0 spiro atoms. The van der Waals surface area contributed by atoms with Crippen LogP contribution in [0, 0.1) is 0 Å². The molecule has 0 radical (unpaired) electrons. The Morgan fingerprint density at radius 1 is 1.03 bits per heavy atom. The predicted molar refractivity (Wildman–Crippen MR) is 129 cm³/mol. The number of benzene rings is 2. The summed E-state index contributed by atoms with van der Waals surface area (Å²) in [6.45, 7) is 0. The normalized spacial score (nSPS) is 11.5. The second-order valence-corrected chi connectivity index (χ2v) is 8.53. The number of aromatic nitrogens is 4. The number of nitrogens with one attached hydrogen (secondary N) is 2. The lowest BCUT2D eigenvalue weighted by atomic mass is 10.0. The maximum Gasteiger partial charge on any atom is 0.416 e. The summed E-state index contributed by atoms with van der Waals surface area (Å²) in [5.41, 5.74) is 2.93. The number of urea groups is 1. The van der Waals surface area contributed by atoms with Crippen LogP contribution in [0.25, 0.3) is 32.9 Å². The van der Waals surface area contributed by atoms with Gasteiger partial charge in [-0.1, -0.05) is 18.2 Å². The number of anilines is 2. The fourth-order valence-electron chi connectivity index (χ4n) is 3.61. The van der Waals surface area contributed by atoms with Crippen LogP contribution in [0.2, 0.25) is 0 Å². The third kappa shape index (κ3) is 4.71. The van der Waals surface area contributed by atoms with Gasteiger partial charge in [0.2, 0.25) is 0 Å². The topological polar surface area (TPSA) is 84.7 Å². The predicted octanol–water partition coefficient (Wildman–Crippen LogP) is 6.42. The van der Waals surface area contributed by atoms with E-state index in [0.29, 0.717) is 5.69 Å². The van der Waals surface area contributed by atoms with Gasteiger partial charge in [0.1, 0.15) is 10.7 Å². The van der Waals surface area contributed by atoms with E-state index in [9.17, 15) is 18.0 Å². The van der Waals surface area contributed by atoms with Gasteiger partial charge < -0.3 is 10.6 Å². The fourth-order valence-corrected chi connectivity index (χ4v) is 4.21. The molecule has 0 atom stereocenters. The highest BCUT2D eigenvalue weighted by Gasteiger charge is 2.30. The smallest absolute Gasteiger partial charge is 0.308 e. The van der Waals surface area contributed by atoms with Crippen LogP contribution < -0.4 is 10.6 Å². The van der Waals surface area contributed by atoms with Crippen LogP contribution >= 0.6 is 11.3 Å². The number of carbonyl (C=O) groups is 1. The van der Waals surface area contributed by atoms with Crippen LogP contribution in [-0.4, -0.2) is 25.8 Å². The van der Waals surface area contributed by atoms with Crippen LogP contribution in [0.1, 0.15) is 5.56 Å². The van der Waals surface area contributed by atoms with E-state index in [0.717, 1.165) is 45.0 Å². The van der Waals surface area contributed by atoms with E-state index in [2.05, 4.69) is 20.7 Å². The number of hydrogen-bond acceptors (Lipinski definition) is 5. The molecule has 0 fully saturated rings. The third-order valence-corrected chi connectivity index (χ3v) is 6.05. The number of rotatable bonds is 4.